The highest BCUT2D eigenvalue weighted by molar-refractivity contribution is 5.47. The number of hydrogen-bond acceptors (Lipinski definition) is 4. The van der Waals surface area contributed by atoms with Crippen LogP contribution in [0.4, 0.5) is 0 Å². The van der Waals surface area contributed by atoms with Crippen LogP contribution in [0, 0.1) is 0 Å². The molecule has 20 heavy (non-hydrogen) atoms. The Kier molecular flexibility index (Phi) is 3.74. The number of phenols is 1. The Morgan fingerprint density at radius 3 is 2.60 bits per heavy atom. The van der Waals surface area contributed by atoms with E-state index in [1.165, 1.54) is 0 Å². The van der Waals surface area contributed by atoms with Gasteiger partial charge in [-0.1, -0.05) is 24.3 Å². The van der Waals surface area contributed by atoms with E-state index in [9.17, 15) is 5.11 Å². The second-order valence-corrected chi connectivity index (χ2v) is 4.71. The number of fused-ring (bicyclic) bond motifs is 1. The van der Waals surface area contributed by atoms with Crippen molar-refractivity contribution in [2.75, 3.05) is 13.2 Å². The molecule has 0 bridgehead atoms. The number of phenolic OH excluding ortho intramolecular Hbond substituents is 1. The third-order valence-electron chi connectivity index (χ3n) is 3.23. The fourth-order valence-corrected chi connectivity index (χ4v) is 2.23. The molecule has 2 N–H and O–H groups in total. The highest BCUT2D eigenvalue weighted by Gasteiger charge is 2.14. The van der Waals surface area contributed by atoms with Gasteiger partial charge >= 0.3 is 0 Å². The minimum absolute atomic E-state index is 0.288. The van der Waals surface area contributed by atoms with Crippen LogP contribution in [0.15, 0.2) is 42.5 Å². The molecule has 2 aromatic carbocycles. The van der Waals surface area contributed by atoms with Gasteiger partial charge in [0.2, 0.25) is 0 Å². The number of aromatic hydroxyl groups is 1. The summed E-state index contributed by atoms with van der Waals surface area (Å²) in [6.45, 7) is 2.66. The zero-order valence-electron chi connectivity index (χ0n) is 11.1. The SMILES string of the molecule is Oc1ccc(CNCc2cccc3c2OCCO3)cc1. The predicted octanol–water partition coefficient (Wildman–Crippen LogP) is 2.45. The van der Waals surface area contributed by atoms with Gasteiger partial charge in [-0.15, -0.1) is 0 Å². The van der Waals surface area contributed by atoms with E-state index in [1.807, 2.05) is 30.3 Å². The van der Waals surface area contributed by atoms with E-state index in [4.69, 9.17) is 9.47 Å². The summed E-state index contributed by atoms with van der Waals surface area (Å²) in [6.07, 6.45) is 0. The van der Waals surface area contributed by atoms with Crippen molar-refractivity contribution in [3.8, 4) is 17.2 Å². The van der Waals surface area contributed by atoms with E-state index in [-0.39, 0.29) is 5.75 Å². The molecule has 0 saturated heterocycles. The Morgan fingerprint density at radius 1 is 0.950 bits per heavy atom. The molecule has 0 radical (unpaired) electrons. The van der Waals surface area contributed by atoms with E-state index in [0.717, 1.165) is 29.2 Å². The van der Waals surface area contributed by atoms with E-state index < -0.39 is 0 Å². The molecule has 0 aliphatic carbocycles. The molecule has 0 atom stereocenters. The van der Waals surface area contributed by atoms with Crippen LogP contribution in [-0.2, 0) is 13.1 Å². The lowest BCUT2D eigenvalue weighted by Gasteiger charge is -2.21. The summed E-state index contributed by atoms with van der Waals surface area (Å²) >= 11 is 0. The van der Waals surface area contributed by atoms with Crippen LogP contribution >= 0.6 is 0 Å². The number of rotatable bonds is 4. The summed E-state index contributed by atoms with van der Waals surface area (Å²) < 4.78 is 11.2. The molecule has 1 aliphatic rings. The van der Waals surface area contributed by atoms with E-state index in [1.54, 1.807) is 12.1 Å². The normalized spacial score (nSPS) is 13.2. The molecule has 1 heterocycles. The quantitative estimate of drug-likeness (QED) is 0.897. The molecule has 0 unspecified atom stereocenters. The summed E-state index contributed by atoms with van der Waals surface area (Å²) in [7, 11) is 0. The summed E-state index contributed by atoms with van der Waals surface area (Å²) in [4.78, 5) is 0. The third-order valence-corrected chi connectivity index (χ3v) is 3.23. The molecular weight excluding hydrogens is 254 g/mol. The van der Waals surface area contributed by atoms with Gasteiger partial charge in [0.15, 0.2) is 11.5 Å². The summed E-state index contributed by atoms with van der Waals surface area (Å²) in [5.74, 6) is 1.95. The van der Waals surface area contributed by atoms with Gasteiger partial charge in [-0.25, -0.2) is 0 Å². The van der Waals surface area contributed by atoms with Crippen molar-refractivity contribution < 1.29 is 14.6 Å². The molecule has 1 aliphatic heterocycles. The van der Waals surface area contributed by atoms with Gasteiger partial charge < -0.3 is 19.9 Å². The highest BCUT2D eigenvalue weighted by atomic mass is 16.6. The third kappa shape index (κ3) is 2.86. The van der Waals surface area contributed by atoms with Gasteiger partial charge in [0, 0.05) is 18.7 Å². The van der Waals surface area contributed by atoms with Crippen molar-refractivity contribution in [1.82, 2.24) is 5.32 Å². The Labute approximate surface area is 118 Å². The minimum atomic E-state index is 0.288. The van der Waals surface area contributed by atoms with Gasteiger partial charge in [0.1, 0.15) is 19.0 Å². The smallest absolute Gasteiger partial charge is 0.165 e. The Morgan fingerprint density at radius 2 is 1.75 bits per heavy atom. The van der Waals surface area contributed by atoms with E-state index in [2.05, 4.69) is 5.32 Å². The van der Waals surface area contributed by atoms with E-state index >= 15 is 0 Å². The van der Waals surface area contributed by atoms with Crippen LogP contribution in [0.5, 0.6) is 17.2 Å². The van der Waals surface area contributed by atoms with Crippen molar-refractivity contribution in [2.45, 2.75) is 13.1 Å². The van der Waals surface area contributed by atoms with E-state index in [0.29, 0.717) is 19.8 Å². The molecule has 4 nitrogen and oxygen atoms in total. The maximum absolute atomic E-state index is 9.24. The number of nitrogens with one attached hydrogen (secondary N) is 1. The summed E-state index contributed by atoms with van der Waals surface area (Å²) in [5, 5.41) is 12.6. The molecular formula is C16H17NO3. The fraction of sp³-hybridized carbons (Fsp3) is 0.250. The molecule has 0 fully saturated rings. The average molecular weight is 271 g/mol. The molecule has 0 saturated carbocycles. The monoisotopic (exact) mass is 271 g/mol. The zero-order valence-corrected chi connectivity index (χ0v) is 11.1. The molecule has 3 rings (SSSR count). The van der Waals surface area contributed by atoms with Crippen molar-refractivity contribution in [3.63, 3.8) is 0 Å². The van der Waals surface area contributed by atoms with Crippen molar-refractivity contribution in [2.24, 2.45) is 0 Å². The van der Waals surface area contributed by atoms with Crippen LogP contribution in [0.25, 0.3) is 0 Å². The lowest BCUT2D eigenvalue weighted by atomic mass is 10.1. The van der Waals surface area contributed by atoms with Gasteiger partial charge in [0.05, 0.1) is 0 Å². The van der Waals surface area contributed by atoms with Crippen molar-refractivity contribution >= 4 is 0 Å². The molecule has 0 spiro atoms. The van der Waals surface area contributed by atoms with Crippen LogP contribution in [0.3, 0.4) is 0 Å². The Hall–Kier alpha value is -2.20. The first-order valence-corrected chi connectivity index (χ1v) is 6.69. The predicted molar refractivity (Wildman–Crippen MR) is 76.1 cm³/mol. The fourth-order valence-electron chi connectivity index (χ4n) is 2.23. The molecule has 0 aromatic heterocycles. The van der Waals surface area contributed by atoms with Gasteiger partial charge in [-0.2, -0.15) is 0 Å². The number of benzene rings is 2. The lowest BCUT2D eigenvalue weighted by Crippen LogP contribution is -2.19. The number of hydrogen-bond donors (Lipinski definition) is 2. The maximum Gasteiger partial charge on any atom is 0.165 e. The number of para-hydroxylation sites is 1. The van der Waals surface area contributed by atoms with Gasteiger partial charge in [0.25, 0.3) is 0 Å². The van der Waals surface area contributed by atoms with Gasteiger partial charge in [-0.3, -0.25) is 0 Å². The molecule has 2 aromatic rings. The first-order valence-electron chi connectivity index (χ1n) is 6.69. The molecule has 0 amide bonds. The van der Waals surface area contributed by atoms with Gasteiger partial charge in [-0.05, 0) is 23.8 Å². The van der Waals surface area contributed by atoms with Crippen LogP contribution in [0.1, 0.15) is 11.1 Å². The first kappa shape index (κ1) is 12.8. The summed E-state index contributed by atoms with van der Waals surface area (Å²) in [5.41, 5.74) is 2.23. The van der Waals surface area contributed by atoms with Crippen molar-refractivity contribution in [1.29, 1.82) is 0 Å². The van der Waals surface area contributed by atoms with Crippen LogP contribution in [-0.4, -0.2) is 18.3 Å². The minimum Gasteiger partial charge on any atom is -0.508 e. The Bertz CT molecular complexity index is 581. The average Bonchev–Trinajstić information content (AvgIpc) is 2.49. The topological polar surface area (TPSA) is 50.7 Å². The molecule has 4 heteroatoms. The Balaban J connectivity index is 1.62. The summed E-state index contributed by atoms with van der Waals surface area (Å²) in [6, 6.07) is 13.1. The largest absolute Gasteiger partial charge is 0.508 e. The van der Waals surface area contributed by atoms with Crippen molar-refractivity contribution in [3.05, 3.63) is 53.6 Å². The lowest BCUT2D eigenvalue weighted by molar-refractivity contribution is 0.169. The number of ether oxygens (including phenoxy) is 2. The standard InChI is InChI=1S/C16H17NO3/c18-14-6-4-12(5-7-14)10-17-11-13-2-1-3-15-16(13)20-9-8-19-15/h1-7,17-18H,8-11H2. The van der Waals surface area contributed by atoms with Crippen LogP contribution < -0.4 is 14.8 Å². The van der Waals surface area contributed by atoms with Crippen LogP contribution in [0.2, 0.25) is 0 Å². The maximum atomic E-state index is 9.24. The molecule has 104 valence electrons. The second kappa shape index (κ2) is 5.84. The zero-order chi connectivity index (χ0) is 13.8. The highest BCUT2D eigenvalue weighted by Crippen LogP contribution is 2.33. The second-order valence-electron chi connectivity index (χ2n) is 4.71. The first-order chi connectivity index (χ1) is 9.83.